The third-order valence-corrected chi connectivity index (χ3v) is 14.0. The summed E-state index contributed by atoms with van der Waals surface area (Å²) in [5.74, 6) is -0.189. The van der Waals surface area contributed by atoms with Crippen molar-refractivity contribution in [1.82, 2.24) is 5.32 Å². The Kier molecular flexibility index (Phi) is 49.3. The van der Waals surface area contributed by atoms with Crippen molar-refractivity contribution < 1.29 is 32.9 Å². The number of aliphatic hydroxyl groups excluding tert-OH is 1. The van der Waals surface area contributed by atoms with Gasteiger partial charge < -0.3 is 19.8 Å². The molecule has 0 aromatic rings. The summed E-state index contributed by atoms with van der Waals surface area (Å²) in [5.41, 5.74) is 0. The van der Waals surface area contributed by atoms with E-state index >= 15 is 0 Å². The second-order valence-corrected chi connectivity index (χ2v) is 22.4. The number of quaternary nitrogens is 1. The molecule has 9 heteroatoms. The minimum atomic E-state index is -4.36. The van der Waals surface area contributed by atoms with Crippen LogP contribution in [0.5, 0.6) is 0 Å². The van der Waals surface area contributed by atoms with Crippen molar-refractivity contribution in [3.05, 3.63) is 48.6 Å². The van der Waals surface area contributed by atoms with Crippen LogP contribution in [0, 0.1) is 0 Å². The Morgan fingerprint density at radius 1 is 0.485 bits per heavy atom. The molecule has 0 aliphatic carbocycles. The molecule has 0 aliphatic heterocycles. The van der Waals surface area contributed by atoms with Crippen LogP contribution < -0.4 is 5.32 Å². The van der Waals surface area contributed by atoms with Crippen molar-refractivity contribution in [1.29, 1.82) is 0 Å². The van der Waals surface area contributed by atoms with Gasteiger partial charge in [-0.1, -0.05) is 242 Å². The van der Waals surface area contributed by atoms with Gasteiger partial charge in [0, 0.05) is 6.42 Å². The predicted octanol–water partition coefficient (Wildman–Crippen LogP) is 17.5. The first-order chi connectivity index (χ1) is 33.0. The van der Waals surface area contributed by atoms with Crippen LogP contribution in [0.3, 0.4) is 0 Å². The van der Waals surface area contributed by atoms with Crippen LogP contribution in [0.15, 0.2) is 48.6 Å². The van der Waals surface area contributed by atoms with Crippen LogP contribution in [0.2, 0.25) is 0 Å². The first-order valence-electron chi connectivity index (χ1n) is 29.0. The number of carbonyl (C=O) groups is 1. The summed E-state index contributed by atoms with van der Waals surface area (Å²) in [6.07, 6.45) is 66.5. The Morgan fingerprint density at radius 3 is 1.18 bits per heavy atom. The average molecular weight is 979 g/mol. The minimum absolute atomic E-state index is 0.0534. The van der Waals surface area contributed by atoms with Gasteiger partial charge in [0.1, 0.15) is 13.2 Å². The fraction of sp³-hybridized carbons (Fsp3) is 0.847. The molecule has 8 nitrogen and oxygen atoms in total. The van der Waals surface area contributed by atoms with E-state index in [1.54, 1.807) is 6.08 Å². The molecule has 0 saturated heterocycles. The van der Waals surface area contributed by atoms with Gasteiger partial charge in [-0.2, -0.15) is 0 Å². The maximum absolute atomic E-state index is 13.0. The highest BCUT2D eigenvalue weighted by atomic mass is 31.2. The zero-order chi connectivity index (χ0) is 49.9. The van der Waals surface area contributed by atoms with Crippen LogP contribution >= 0.6 is 7.82 Å². The quantitative estimate of drug-likeness (QED) is 0.0243. The fourth-order valence-corrected chi connectivity index (χ4v) is 9.16. The molecule has 0 heterocycles. The second-order valence-electron chi connectivity index (χ2n) is 21.0. The highest BCUT2D eigenvalue weighted by Gasteiger charge is 2.27. The van der Waals surface area contributed by atoms with E-state index in [9.17, 15) is 19.4 Å². The van der Waals surface area contributed by atoms with E-state index in [2.05, 4.69) is 55.6 Å². The highest BCUT2D eigenvalue weighted by Crippen LogP contribution is 2.43. The van der Waals surface area contributed by atoms with Crippen LogP contribution in [0.4, 0.5) is 0 Å². The molecular weight excluding hydrogens is 864 g/mol. The SMILES string of the molecule is CCCCCCCCC/C=C/CC/C=C/CC/C=C/C(O)C(COP(=O)(O)OCC[N+](C)(C)C)NC(=O)CCCCCCCCCCCCCCC/C=C\CCCCCCCCCCCCCC. The number of phosphoric acid groups is 1. The summed E-state index contributed by atoms with van der Waals surface area (Å²) in [6, 6.07) is -0.870. The van der Waals surface area contributed by atoms with Crippen molar-refractivity contribution in [2.45, 2.75) is 283 Å². The summed E-state index contributed by atoms with van der Waals surface area (Å²) in [7, 11) is 1.55. The first-order valence-corrected chi connectivity index (χ1v) is 30.5. The van der Waals surface area contributed by atoms with Gasteiger partial charge in [0.05, 0.1) is 39.9 Å². The Bertz CT molecular complexity index is 1250. The molecule has 0 saturated carbocycles. The van der Waals surface area contributed by atoms with Crippen molar-refractivity contribution >= 4 is 13.7 Å². The number of rotatable bonds is 53. The normalized spacial score (nSPS) is 14.3. The number of carbonyl (C=O) groups excluding carboxylic acids is 1. The number of hydrogen-bond acceptors (Lipinski definition) is 5. The van der Waals surface area contributed by atoms with Crippen molar-refractivity contribution in [2.24, 2.45) is 0 Å². The molecule has 3 unspecified atom stereocenters. The summed E-state index contributed by atoms with van der Waals surface area (Å²) in [4.78, 5) is 23.3. The molecule has 0 aromatic carbocycles. The predicted molar refractivity (Wildman–Crippen MR) is 295 cm³/mol. The van der Waals surface area contributed by atoms with E-state index in [1.165, 1.54) is 205 Å². The van der Waals surface area contributed by atoms with E-state index in [4.69, 9.17) is 9.05 Å². The number of hydrogen-bond donors (Lipinski definition) is 3. The number of likely N-dealkylation sites (N-methyl/N-ethyl adjacent to an activating group) is 1. The third-order valence-electron chi connectivity index (χ3n) is 13.0. The maximum Gasteiger partial charge on any atom is 0.472 e. The second kappa shape index (κ2) is 50.4. The maximum atomic E-state index is 13.0. The summed E-state index contributed by atoms with van der Waals surface area (Å²) in [5, 5.41) is 13.9. The molecular formula is C59H114N2O6P+. The number of aliphatic hydroxyl groups is 1. The van der Waals surface area contributed by atoms with Gasteiger partial charge in [-0.25, -0.2) is 4.57 Å². The third kappa shape index (κ3) is 52.3. The van der Waals surface area contributed by atoms with Gasteiger partial charge in [-0.05, 0) is 70.6 Å². The van der Waals surface area contributed by atoms with E-state index < -0.39 is 20.0 Å². The Balaban J connectivity index is 4.17. The van der Waals surface area contributed by atoms with Gasteiger partial charge >= 0.3 is 7.82 Å². The van der Waals surface area contributed by atoms with Gasteiger partial charge in [-0.15, -0.1) is 0 Å². The topological polar surface area (TPSA) is 105 Å². The molecule has 0 bridgehead atoms. The van der Waals surface area contributed by atoms with Gasteiger partial charge in [0.15, 0.2) is 0 Å². The lowest BCUT2D eigenvalue weighted by atomic mass is 10.0. The molecule has 68 heavy (non-hydrogen) atoms. The van der Waals surface area contributed by atoms with Crippen LogP contribution in [-0.2, 0) is 18.4 Å². The van der Waals surface area contributed by atoms with E-state index in [0.717, 1.165) is 44.9 Å². The van der Waals surface area contributed by atoms with Gasteiger partial charge in [-0.3, -0.25) is 13.8 Å². The standard InChI is InChI=1S/C59H113N2O6P/c1-6-8-10-12-14-16-18-20-22-24-25-26-27-28-29-30-31-32-33-34-35-37-39-41-43-45-47-49-51-53-59(63)60-57(56-67-68(64,65)66-55-54-61(3,4)5)58(62)52-50-48-46-44-42-40-38-36-23-21-19-17-15-13-11-9-7-2/h23,28-29,36,42,44,50,52,57-58,62H,6-22,24-27,30-35,37-41,43,45-49,51,53-56H2,1-5H3,(H-,60,63,64,65)/p+1/b29-28-,36-23+,44-42+,52-50+. The van der Waals surface area contributed by atoms with Crippen molar-refractivity contribution in [3.63, 3.8) is 0 Å². The number of unbranched alkanes of at least 4 members (excludes halogenated alkanes) is 34. The zero-order valence-electron chi connectivity index (χ0n) is 45.6. The average Bonchev–Trinajstić information content (AvgIpc) is 3.30. The van der Waals surface area contributed by atoms with Crippen LogP contribution in [0.1, 0.15) is 271 Å². The molecule has 0 spiro atoms. The summed E-state index contributed by atoms with van der Waals surface area (Å²) < 4.78 is 23.7. The lowest BCUT2D eigenvalue weighted by Crippen LogP contribution is -2.45. The van der Waals surface area contributed by atoms with E-state index in [-0.39, 0.29) is 19.1 Å². The number of phosphoric ester groups is 1. The summed E-state index contributed by atoms with van der Waals surface area (Å²) >= 11 is 0. The highest BCUT2D eigenvalue weighted by molar-refractivity contribution is 7.47. The lowest BCUT2D eigenvalue weighted by Gasteiger charge is -2.25. The van der Waals surface area contributed by atoms with E-state index in [1.807, 2.05) is 27.2 Å². The lowest BCUT2D eigenvalue weighted by molar-refractivity contribution is -0.870. The largest absolute Gasteiger partial charge is 0.472 e. The van der Waals surface area contributed by atoms with Crippen molar-refractivity contribution in [2.75, 3.05) is 40.9 Å². The van der Waals surface area contributed by atoms with Crippen LogP contribution in [0.25, 0.3) is 0 Å². The molecule has 3 atom stereocenters. The monoisotopic (exact) mass is 978 g/mol. The van der Waals surface area contributed by atoms with E-state index in [0.29, 0.717) is 17.4 Å². The number of nitrogens with zero attached hydrogens (tertiary/aromatic N) is 1. The molecule has 3 N–H and O–H groups in total. The smallest absolute Gasteiger partial charge is 0.387 e. The van der Waals surface area contributed by atoms with Gasteiger partial charge in [0.2, 0.25) is 5.91 Å². The number of amides is 1. The number of allylic oxidation sites excluding steroid dienone is 7. The Morgan fingerprint density at radius 2 is 0.809 bits per heavy atom. The van der Waals surface area contributed by atoms with Gasteiger partial charge in [0.25, 0.3) is 0 Å². The molecule has 0 radical (unpaired) electrons. The van der Waals surface area contributed by atoms with Crippen molar-refractivity contribution in [3.8, 4) is 0 Å². The number of nitrogens with one attached hydrogen (secondary N) is 1. The Labute approximate surface area is 422 Å². The molecule has 0 fully saturated rings. The zero-order valence-corrected chi connectivity index (χ0v) is 46.5. The first kappa shape index (κ1) is 66.5. The molecule has 1 amide bonds. The molecule has 400 valence electrons. The summed E-state index contributed by atoms with van der Waals surface area (Å²) in [6.45, 7) is 4.80. The molecule has 0 aromatic heterocycles. The minimum Gasteiger partial charge on any atom is -0.387 e. The van der Waals surface area contributed by atoms with Crippen LogP contribution in [-0.4, -0.2) is 73.4 Å². The fourth-order valence-electron chi connectivity index (χ4n) is 8.42. The molecule has 0 aliphatic rings. The molecule has 0 rings (SSSR count). The Hall–Kier alpha value is -1.54.